The number of carboxylic acid groups (broad SMARTS) is 1. The fourth-order valence-corrected chi connectivity index (χ4v) is 3.42. The summed E-state index contributed by atoms with van der Waals surface area (Å²) in [5, 5.41) is 17.0. The van der Waals surface area contributed by atoms with E-state index in [0.29, 0.717) is 17.1 Å². The van der Waals surface area contributed by atoms with Crippen LogP contribution in [0, 0.1) is 0 Å². The third-order valence-corrected chi connectivity index (χ3v) is 4.97. The molecular weight excluding hydrogens is 430 g/mol. The van der Waals surface area contributed by atoms with Crippen molar-refractivity contribution in [2.75, 3.05) is 5.32 Å². The average Bonchev–Trinajstić information content (AvgIpc) is 3.25. The Kier molecular flexibility index (Phi) is 6.84. The molecule has 0 spiro atoms. The Hall–Kier alpha value is -4.65. The third kappa shape index (κ3) is 5.58. The molecule has 4 aromatic rings. The molecule has 0 unspecified atom stereocenters. The Balaban J connectivity index is 1.54. The monoisotopic (exact) mass is 453 g/mol. The summed E-state index contributed by atoms with van der Waals surface area (Å²) < 4.78 is 7.26. The number of nitrogens with zero attached hydrogens (tertiary/aromatic N) is 2. The zero-order chi connectivity index (χ0) is 23.9. The number of carbonyl (C=O) groups excluding carboxylic acids is 1. The minimum Gasteiger partial charge on any atom is -0.477 e. The van der Waals surface area contributed by atoms with Crippen molar-refractivity contribution in [2.45, 2.75) is 13.5 Å². The summed E-state index contributed by atoms with van der Waals surface area (Å²) in [5.74, 6) is 0.105. The van der Waals surface area contributed by atoms with E-state index in [1.165, 1.54) is 10.8 Å². The molecule has 0 aliphatic carbocycles. The predicted molar refractivity (Wildman–Crippen MR) is 130 cm³/mol. The third-order valence-electron chi connectivity index (χ3n) is 4.97. The number of nitrogens with one attached hydrogen (secondary N) is 1. The fraction of sp³-hybridized carbons (Fsp3) is 0.0741. The number of rotatable bonds is 8. The van der Waals surface area contributed by atoms with Crippen molar-refractivity contribution in [2.24, 2.45) is 0 Å². The van der Waals surface area contributed by atoms with Gasteiger partial charge in [-0.2, -0.15) is 5.10 Å². The zero-order valence-corrected chi connectivity index (χ0v) is 18.5. The summed E-state index contributed by atoms with van der Waals surface area (Å²) in [6.07, 6.45) is 3.09. The molecule has 0 atom stereocenters. The first-order valence-electron chi connectivity index (χ1n) is 10.7. The number of benzene rings is 3. The van der Waals surface area contributed by atoms with Gasteiger partial charge in [-0.1, -0.05) is 36.4 Å². The minimum atomic E-state index is -1.07. The van der Waals surface area contributed by atoms with Gasteiger partial charge in [0.15, 0.2) is 0 Å². The van der Waals surface area contributed by atoms with Crippen LogP contribution in [0.5, 0.6) is 11.5 Å². The Morgan fingerprint density at radius 2 is 1.71 bits per heavy atom. The highest BCUT2D eigenvalue weighted by Gasteiger charge is 2.16. The lowest BCUT2D eigenvalue weighted by Gasteiger charge is -2.08. The fourth-order valence-electron chi connectivity index (χ4n) is 3.42. The number of aromatic nitrogens is 2. The number of ether oxygens (including phenoxy) is 1. The van der Waals surface area contributed by atoms with E-state index in [4.69, 9.17) is 4.74 Å². The maximum Gasteiger partial charge on any atom is 0.354 e. The van der Waals surface area contributed by atoms with Gasteiger partial charge in [-0.05, 0) is 73.2 Å². The number of hydrogen-bond donors (Lipinski definition) is 2. The number of hydrogen-bond acceptors (Lipinski definition) is 4. The van der Waals surface area contributed by atoms with Crippen LogP contribution < -0.4 is 10.1 Å². The van der Waals surface area contributed by atoms with Crippen LogP contribution in [0.4, 0.5) is 5.69 Å². The SMILES string of the molecule is C/C=C/C(=O)Nc1cccc(Cn2nc(-c3ccc(Oc4ccccc4)cc3)cc2C(=O)O)c1. The van der Waals surface area contributed by atoms with E-state index in [0.717, 1.165) is 16.9 Å². The number of amides is 1. The lowest BCUT2D eigenvalue weighted by molar-refractivity contribution is -0.111. The first-order valence-corrected chi connectivity index (χ1v) is 10.7. The van der Waals surface area contributed by atoms with E-state index >= 15 is 0 Å². The molecule has 34 heavy (non-hydrogen) atoms. The lowest BCUT2D eigenvalue weighted by atomic mass is 10.1. The number of allylic oxidation sites excluding steroid dienone is 1. The van der Waals surface area contributed by atoms with Crippen LogP contribution in [0.2, 0.25) is 0 Å². The molecule has 0 saturated heterocycles. The van der Waals surface area contributed by atoms with Gasteiger partial charge in [-0.25, -0.2) is 4.79 Å². The molecule has 0 saturated carbocycles. The highest BCUT2D eigenvalue weighted by atomic mass is 16.5. The zero-order valence-electron chi connectivity index (χ0n) is 18.5. The van der Waals surface area contributed by atoms with E-state index in [-0.39, 0.29) is 18.1 Å². The molecule has 0 aliphatic rings. The van der Waals surface area contributed by atoms with Crippen LogP contribution in [0.1, 0.15) is 23.0 Å². The van der Waals surface area contributed by atoms with Crippen molar-refractivity contribution in [3.05, 3.63) is 108 Å². The van der Waals surface area contributed by atoms with Gasteiger partial charge in [-0.15, -0.1) is 0 Å². The molecule has 3 aromatic carbocycles. The first-order chi connectivity index (χ1) is 16.5. The highest BCUT2D eigenvalue weighted by molar-refractivity contribution is 5.99. The van der Waals surface area contributed by atoms with E-state index in [1.807, 2.05) is 60.7 Å². The van der Waals surface area contributed by atoms with Crippen LogP contribution >= 0.6 is 0 Å². The van der Waals surface area contributed by atoms with Crippen LogP contribution in [0.3, 0.4) is 0 Å². The number of aromatic carboxylic acids is 1. The van der Waals surface area contributed by atoms with Gasteiger partial charge >= 0.3 is 5.97 Å². The van der Waals surface area contributed by atoms with Crippen LogP contribution in [-0.4, -0.2) is 26.8 Å². The van der Waals surface area contributed by atoms with E-state index in [9.17, 15) is 14.7 Å². The smallest absolute Gasteiger partial charge is 0.354 e. The molecule has 170 valence electrons. The van der Waals surface area contributed by atoms with Gasteiger partial charge in [0.05, 0.1) is 12.2 Å². The number of para-hydroxylation sites is 1. The maximum atomic E-state index is 11.9. The second-order valence-corrected chi connectivity index (χ2v) is 7.51. The van der Waals surface area contributed by atoms with Crippen molar-refractivity contribution in [1.29, 1.82) is 0 Å². The van der Waals surface area contributed by atoms with Gasteiger partial charge in [-0.3, -0.25) is 9.48 Å². The van der Waals surface area contributed by atoms with E-state index in [1.54, 1.807) is 37.3 Å². The Morgan fingerprint density at radius 1 is 0.971 bits per heavy atom. The van der Waals surface area contributed by atoms with Crippen molar-refractivity contribution < 1.29 is 19.4 Å². The number of carbonyl (C=O) groups is 2. The van der Waals surface area contributed by atoms with Crippen molar-refractivity contribution in [3.63, 3.8) is 0 Å². The summed E-state index contributed by atoms with van der Waals surface area (Å²) in [7, 11) is 0. The second-order valence-electron chi connectivity index (χ2n) is 7.51. The molecule has 2 N–H and O–H groups in total. The topological polar surface area (TPSA) is 93.5 Å². The Bertz CT molecular complexity index is 1330. The minimum absolute atomic E-state index is 0.0722. The maximum absolute atomic E-state index is 11.9. The number of carboxylic acids is 1. The molecule has 4 rings (SSSR count). The van der Waals surface area contributed by atoms with Gasteiger partial charge in [0.25, 0.3) is 0 Å². The quantitative estimate of drug-likeness (QED) is 0.339. The molecule has 0 fully saturated rings. The molecule has 0 aliphatic heterocycles. The van der Waals surface area contributed by atoms with Crippen molar-refractivity contribution in [1.82, 2.24) is 9.78 Å². The molecule has 0 bridgehead atoms. The Morgan fingerprint density at radius 3 is 2.41 bits per heavy atom. The van der Waals surface area contributed by atoms with E-state index < -0.39 is 5.97 Å². The van der Waals surface area contributed by atoms with Crippen molar-refractivity contribution in [3.8, 4) is 22.8 Å². The molecular formula is C27H23N3O4. The summed E-state index contributed by atoms with van der Waals surface area (Å²) in [4.78, 5) is 23.7. The van der Waals surface area contributed by atoms with Gasteiger partial charge in [0, 0.05) is 11.3 Å². The molecule has 1 amide bonds. The molecule has 1 aromatic heterocycles. The first kappa shape index (κ1) is 22.5. The summed E-state index contributed by atoms with van der Waals surface area (Å²) in [6.45, 7) is 2.01. The van der Waals surface area contributed by atoms with Crippen molar-refractivity contribution >= 4 is 17.6 Å². The molecule has 7 heteroatoms. The predicted octanol–water partition coefficient (Wildman–Crippen LogP) is 5.60. The lowest BCUT2D eigenvalue weighted by Crippen LogP contribution is -2.12. The van der Waals surface area contributed by atoms with Gasteiger partial charge in [0.2, 0.25) is 5.91 Å². The summed E-state index contributed by atoms with van der Waals surface area (Å²) >= 11 is 0. The standard InChI is InChI=1S/C27H23N3O4/c1-2-7-26(31)28-21-9-6-8-19(16-21)18-30-25(27(32)33)17-24(29-30)20-12-14-23(15-13-20)34-22-10-4-3-5-11-22/h2-17H,18H2,1H3,(H,28,31)(H,32,33)/b7-2+. The normalized spacial score (nSPS) is 10.9. The van der Waals surface area contributed by atoms with E-state index in [2.05, 4.69) is 10.4 Å². The van der Waals surface area contributed by atoms with Gasteiger partial charge < -0.3 is 15.2 Å². The van der Waals surface area contributed by atoms with Crippen LogP contribution in [-0.2, 0) is 11.3 Å². The highest BCUT2D eigenvalue weighted by Crippen LogP contribution is 2.26. The molecule has 0 radical (unpaired) electrons. The second kappa shape index (κ2) is 10.3. The molecule has 1 heterocycles. The van der Waals surface area contributed by atoms with Gasteiger partial charge in [0.1, 0.15) is 17.2 Å². The number of anilines is 1. The van der Waals surface area contributed by atoms with Crippen LogP contribution in [0.15, 0.2) is 97.1 Å². The summed E-state index contributed by atoms with van der Waals surface area (Å²) in [6, 6.07) is 25.6. The van der Waals surface area contributed by atoms with Crippen LogP contribution in [0.25, 0.3) is 11.3 Å². The average molecular weight is 453 g/mol. The Labute approximate surface area is 196 Å². The largest absolute Gasteiger partial charge is 0.477 e. The summed E-state index contributed by atoms with van der Waals surface area (Å²) in [5.41, 5.74) is 2.82. The molecule has 7 nitrogen and oxygen atoms in total.